The highest BCUT2D eigenvalue weighted by Crippen LogP contribution is 2.31. The summed E-state index contributed by atoms with van der Waals surface area (Å²) < 4.78 is 32.0. The summed E-state index contributed by atoms with van der Waals surface area (Å²) in [5, 5.41) is 0. The molecule has 0 aromatic heterocycles. The van der Waals surface area contributed by atoms with Crippen LogP contribution in [0.2, 0.25) is 0 Å². The number of hydrogen-bond donors (Lipinski definition) is 2. The van der Waals surface area contributed by atoms with Crippen molar-refractivity contribution < 1.29 is 17.9 Å². The second-order valence-corrected chi connectivity index (χ2v) is 5.73. The van der Waals surface area contributed by atoms with Gasteiger partial charge in [-0.3, -0.25) is 0 Å². The summed E-state index contributed by atoms with van der Waals surface area (Å²) in [5.41, 5.74) is -0.639. The molecule has 0 heterocycles. The van der Waals surface area contributed by atoms with Gasteiger partial charge in [0.05, 0.1) is 6.61 Å². The summed E-state index contributed by atoms with van der Waals surface area (Å²) in [4.78, 5) is 11.0. The molecule has 8 heteroatoms. The normalized spacial score (nSPS) is 18.9. The van der Waals surface area contributed by atoms with Gasteiger partial charge in [-0.25, -0.2) is 9.52 Å². The fourth-order valence-corrected chi connectivity index (χ4v) is 3.48. The van der Waals surface area contributed by atoms with Gasteiger partial charge in [0.25, 0.3) is 0 Å². The Morgan fingerprint density at radius 3 is 2.47 bits per heavy atom. The van der Waals surface area contributed by atoms with Gasteiger partial charge in [-0.1, -0.05) is 12.8 Å². The predicted molar refractivity (Wildman–Crippen MR) is 64.1 cm³/mol. The van der Waals surface area contributed by atoms with Crippen molar-refractivity contribution in [1.82, 2.24) is 9.44 Å². The molecule has 17 heavy (non-hydrogen) atoms. The van der Waals surface area contributed by atoms with Gasteiger partial charge in [0.2, 0.25) is 0 Å². The topological polar surface area (TPSA) is 84.5 Å². The van der Waals surface area contributed by atoms with Gasteiger partial charge < -0.3 is 4.74 Å². The Morgan fingerprint density at radius 2 is 2.00 bits per heavy atom. The first-order valence-corrected chi connectivity index (χ1v) is 7.49. The summed E-state index contributed by atoms with van der Waals surface area (Å²) in [5.74, 6) is 0.191. The number of nitrogens with one attached hydrogen (secondary N) is 2. The van der Waals surface area contributed by atoms with E-state index in [1.807, 2.05) is 0 Å². The molecule has 0 aromatic rings. The zero-order valence-corrected chi connectivity index (χ0v) is 11.2. The lowest BCUT2D eigenvalue weighted by atomic mass is 10.0. The zero-order valence-electron chi connectivity index (χ0n) is 9.66. The van der Waals surface area contributed by atoms with E-state index in [-0.39, 0.29) is 12.5 Å². The van der Waals surface area contributed by atoms with Crippen molar-refractivity contribution in [3.8, 4) is 0 Å². The lowest BCUT2D eigenvalue weighted by Gasteiger charge is -2.27. The molecule has 0 spiro atoms. The molecule has 0 atom stereocenters. The fourth-order valence-electron chi connectivity index (χ4n) is 1.90. The Morgan fingerprint density at radius 1 is 1.41 bits per heavy atom. The second kappa shape index (κ2) is 5.88. The first kappa shape index (κ1) is 14.5. The van der Waals surface area contributed by atoms with Crippen LogP contribution in [0.1, 0.15) is 32.6 Å². The smallest absolute Gasteiger partial charge is 0.421 e. The molecule has 1 saturated carbocycles. The number of carbonyl (C=O) groups excluding carboxylic acids is 1. The standard InChI is InChI=1S/C9H17ClN2O4S/c1-2-16-8(13)11-17(14,15)12-9(7-10)5-3-4-6-9/h12H,2-7H2,1H3,(H,11,13). The van der Waals surface area contributed by atoms with Crippen molar-refractivity contribution in [3.63, 3.8) is 0 Å². The van der Waals surface area contributed by atoms with Crippen LogP contribution < -0.4 is 9.44 Å². The van der Waals surface area contributed by atoms with Gasteiger partial charge in [0.15, 0.2) is 0 Å². The summed E-state index contributed by atoms with van der Waals surface area (Å²) in [6, 6.07) is 0. The van der Waals surface area contributed by atoms with E-state index in [9.17, 15) is 13.2 Å². The molecule has 1 rings (SSSR count). The molecular formula is C9H17ClN2O4S. The number of alkyl halides is 1. The molecule has 0 aromatic carbocycles. The van der Waals surface area contributed by atoms with Crippen LogP contribution in [0.4, 0.5) is 4.79 Å². The second-order valence-electron chi connectivity index (χ2n) is 4.05. The van der Waals surface area contributed by atoms with Gasteiger partial charge >= 0.3 is 16.3 Å². The molecule has 6 nitrogen and oxygen atoms in total. The minimum Gasteiger partial charge on any atom is -0.449 e. The molecule has 0 aliphatic heterocycles. The largest absolute Gasteiger partial charge is 0.449 e. The van der Waals surface area contributed by atoms with Crippen LogP contribution in [0, 0.1) is 0 Å². The van der Waals surface area contributed by atoms with Gasteiger partial charge in [-0.05, 0) is 19.8 Å². The van der Waals surface area contributed by atoms with Crippen molar-refractivity contribution in [2.24, 2.45) is 0 Å². The Labute approximate surface area is 106 Å². The van der Waals surface area contributed by atoms with Crippen LogP contribution in [0.3, 0.4) is 0 Å². The van der Waals surface area contributed by atoms with Crippen LogP contribution in [0.5, 0.6) is 0 Å². The van der Waals surface area contributed by atoms with E-state index in [1.165, 1.54) is 0 Å². The number of rotatable bonds is 5. The zero-order chi connectivity index (χ0) is 12.9. The molecule has 0 radical (unpaired) electrons. The van der Waals surface area contributed by atoms with E-state index >= 15 is 0 Å². The van der Waals surface area contributed by atoms with Crippen LogP contribution in [0.15, 0.2) is 0 Å². The van der Waals surface area contributed by atoms with Crippen molar-refractivity contribution >= 4 is 27.9 Å². The average molecular weight is 285 g/mol. The van der Waals surface area contributed by atoms with Gasteiger partial charge in [-0.15, -0.1) is 11.6 Å². The van der Waals surface area contributed by atoms with Gasteiger partial charge in [0.1, 0.15) is 0 Å². The number of ether oxygens (including phenoxy) is 1. The van der Waals surface area contributed by atoms with Crippen molar-refractivity contribution in [2.45, 2.75) is 38.1 Å². The average Bonchev–Trinajstić information content (AvgIpc) is 2.65. The Hall–Kier alpha value is -0.530. The van der Waals surface area contributed by atoms with E-state index in [4.69, 9.17) is 11.6 Å². The SMILES string of the molecule is CCOC(=O)NS(=O)(=O)NC1(CCl)CCCC1. The minimum absolute atomic E-state index is 0.113. The Kier molecular flexibility index (Phi) is 5.03. The third-order valence-corrected chi connectivity index (χ3v) is 4.31. The maximum atomic E-state index is 11.7. The number of hydrogen-bond acceptors (Lipinski definition) is 4. The van der Waals surface area contributed by atoms with E-state index < -0.39 is 21.8 Å². The third-order valence-electron chi connectivity index (χ3n) is 2.66. The van der Waals surface area contributed by atoms with Crippen LogP contribution in [0.25, 0.3) is 0 Å². The van der Waals surface area contributed by atoms with Crippen LogP contribution >= 0.6 is 11.6 Å². The van der Waals surface area contributed by atoms with E-state index in [0.717, 1.165) is 12.8 Å². The van der Waals surface area contributed by atoms with Crippen LogP contribution in [-0.4, -0.2) is 32.5 Å². The van der Waals surface area contributed by atoms with E-state index in [1.54, 1.807) is 11.6 Å². The minimum atomic E-state index is -3.92. The molecule has 1 aliphatic carbocycles. The van der Waals surface area contributed by atoms with Gasteiger partial charge in [0, 0.05) is 11.4 Å². The van der Waals surface area contributed by atoms with E-state index in [2.05, 4.69) is 9.46 Å². The molecule has 100 valence electrons. The lowest BCUT2D eigenvalue weighted by Crippen LogP contribution is -2.53. The molecule has 0 unspecified atom stereocenters. The van der Waals surface area contributed by atoms with Crippen LogP contribution in [-0.2, 0) is 14.9 Å². The Balaban J connectivity index is 2.62. The van der Waals surface area contributed by atoms with Crippen molar-refractivity contribution in [2.75, 3.05) is 12.5 Å². The maximum Gasteiger partial charge on any atom is 0.421 e. The maximum absolute atomic E-state index is 11.7. The monoisotopic (exact) mass is 284 g/mol. The van der Waals surface area contributed by atoms with E-state index in [0.29, 0.717) is 12.8 Å². The number of carbonyl (C=O) groups is 1. The highest BCUT2D eigenvalue weighted by Gasteiger charge is 2.37. The van der Waals surface area contributed by atoms with Crippen molar-refractivity contribution in [1.29, 1.82) is 0 Å². The molecule has 2 N–H and O–H groups in total. The molecular weight excluding hydrogens is 268 g/mol. The first-order chi connectivity index (χ1) is 7.93. The fraction of sp³-hybridized carbons (Fsp3) is 0.889. The molecule has 1 amide bonds. The van der Waals surface area contributed by atoms with Gasteiger partial charge in [-0.2, -0.15) is 13.1 Å². The molecule has 0 bridgehead atoms. The highest BCUT2D eigenvalue weighted by molar-refractivity contribution is 7.88. The van der Waals surface area contributed by atoms with Crippen molar-refractivity contribution in [3.05, 3.63) is 0 Å². The molecule has 1 fully saturated rings. The third kappa shape index (κ3) is 4.33. The summed E-state index contributed by atoms with van der Waals surface area (Å²) in [7, 11) is -3.92. The molecule has 1 aliphatic rings. The summed E-state index contributed by atoms with van der Waals surface area (Å²) in [6.45, 7) is 1.71. The highest BCUT2D eigenvalue weighted by atomic mass is 35.5. The quantitative estimate of drug-likeness (QED) is 0.741. The lowest BCUT2D eigenvalue weighted by molar-refractivity contribution is 0.158. The summed E-state index contributed by atoms with van der Waals surface area (Å²) >= 11 is 5.80. The summed E-state index contributed by atoms with van der Waals surface area (Å²) in [6.07, 6.45) is 2.23. The number of halogens is 1. The number of amides is 1. The molecule has 0 saturated heterocycles. The first-order valence-electron chi connectivity index (χ1n) is 5.47. The Bertz CT molecular complexity index is 365. The predicted octanol–water partition coefficient (Wildman–Crippen LogP) is 1.12.